The monoisotopic (exact) mass is 475 g/mol. The standard InChI is InChI=1S/C24H33N3O5S/c1-17-13-27(18(2)16-28)24(29)20-11-8-12-21(25-33(4,30)31)23(20)32-22(17)15-26(3)14-19-9-6-5-7-10-19/h5-12,17-18,22,25,28H,13-16H2,1-4H3/t17-,18+,22+/m0/s1. The van der Waals surface area contributed by atoms with Gasteiger partial charge in [0.15, 0.2) is 5.75 Å². The molecular weight excluding hydrogens is 442 g/mol. The Hall–Kier alpha value is -2.62. The van der Waals surface area contributed by atoms with E-state index in [0.29, 0.717) is 13.1 Å². The maximum Gasteiger partial charge on any atom is 0.258 e. The molecule has 0 saturated heterocycles. The van der Waals surface area contributed by atoms with Gasteiger partial charge >= 0.3 is 0 Å². The number of carbonyl (C=O) groups excluding carboxylic acids is 1. The van der Waals surface area contributed by atoms with E-state index in [9.17, 15) is 18.3 Å². The molecule has 8 nitrogen and oxygen atoms in total. The average Bonchev–Trinajstić information content (AvgIpc) is 2.75. The number of para-hydroxylation sites is 1. The summed E-state index contributed by atoms with van der Waals surface area (Å²) < 4.78 is 32.8. The Kier molecular flexibility index (Phi) is 7.99. The van der Waals surface area contributed by atoms with Crippen molar-refractivity contribution in [3.63, 3.8) is 0 Å². The molecule has 0 spiro atoms. The van der Waals surface area contributed by atoms with E-state index < -0.39 is 10.0 Å². The fraction of sp³-hybridized carbons (Fsp3) is 0.458. The zero-order valence-corrected chi connectivity index (χ0v) is 20.4. The third kappa shape index (κ3) is 6.46. The van der Waals surface area contributed by atoms with E-state index in [1.807, 2.05) is 32.2 Å². The first-order valence-electron chi connectivity index (χ1n) is 11.0. The van der Waals surface area contributed by atoms with E-state index in [1.165, 1.54) is 5.56 Å². The number of fused-ring (bicyclic) bond motifs is 1. The van der Waals surface area contributed by atoms with Crippen LogP contribution in [0.2, 0.25) is 0 Å². The molecule has 1 heterocycles. The summed E-state index contributed by atoms with van der Waals surface area (Å²) in [4.78, 5) is 17.2. The second kappa shape index (κ2) is 10.5. The quantitative estimate of drug-likeness (QED) is 0.608. The molecule has 2 aromatic carbocycles. The van der Waals surface area contributed by atoms with Crippen LogP contribution in [-0.4, -0.2) is 74.4 Å². The summed E-state index contributed by atoms with van der Waals surface area (Å²) in [5.74, 6) is -0.153. The number of sulfonamides is 1. The molecule has 3 rings (SSSR count). The molecule has 0 aromatic heterocycles. The minimum atomic E-state index is -3.58. The fourth-order valence-corrected chi connectivity index (χ4v) is 4.57. The van der Waals surface area contributed by atoms with Crippen LogP contribution in [0.1, 0.15) is 29.8 Å². The van der Waals surface area contributed by atoms with Crippen LogP contribution in [0.5, 0.6) is 5.75 Å². The predicted octanol–water partition coefficient (Wildman–Crippen LogP) is 2.41. The summed E-state index contributed by atoms with van der Waals surface area (Å²) in [6.45, 7) is 5.32. The number of hydrogen-bond donors (Lipinski definition) is 2. The van der Waals surface area contributed by atoms with Gasteiger partial charge in [-0.15, -0.1) is 0 Å². The normalized spacial score (nSPS) is 19.9. The molecule has 33 heavy (non-hydrogen) atoms. The van der Waals surface area contributed by atoms with Crippen LogP contribution >= 0.6 is 0 Å². The highest BCUT2D eigenvalue weighted by molar-refractivity contribution is 7.92. The molecule has 2 aromatic rings. The van der Waals surface area contributed by atoms with Gasteiger partial charge in [-0.05, 0) is 31.7 Å². The summed E-state index contributed by atoms with van der Waals surface area (Å²) in [6.07, 6.45) is 0.742. The summed E-state index contributed by atoms with van der Waals surface area (Å²) in [5.41, 5.74) is 1.67. The number of rotatable bonds is 8. The largest absolute Gasteiger partial charge is 0.486 e. The molecule has 1 aliphatic rings. The predicted molar refractivity (Wildman–Crippen MR) is 129 cm³/mol. The number of carbonyl (C=O) groups is 1. The summed E-state index contributed by atoms with van der Waals surface area (Å²) in [5, 5.41) is 9.76. The van der Waals surface area contributed by atoms with Crippen molar-refractivity contribution >= 4 is 21.6 Å². The van der Waals surface area contributed by atoms with Gasteiger partial charge in [-0.3, -0.25) is 14.4 Å². The number of benzene rings is 2. The minimum absolute atomic E-state index is 0.0689. The topological polar surface area (TPSA) is 99.2 Å². The molecule has 1 amide bonds. The number of nitrogens with one attached hydrogen (secondary N) is 1. The van der Waals surface area contributed by atoms with Crippen molar-refractivity contribution in [1.29, 1.82) is 0 Å². The van der Waals surface area contributed by atoms with Crippen LogP contribution in [0.25, 0.3) is 0 Å². The van der Waals surface area contributed by atoms with Gasteiger partial charge in [-0.25, -0.2) is 8.42 Å². The molecule has 0 aliphatic carbocycles. The number of ether oxygens (including phenoxy) is 1. The molecule has 3 atom stereocenters. The van der Waals surface area contributed by atoms with Crippen molar-refractivity contribution < 1.29 is 23.1 Å². The summed E-state index contributed by atoms with van der Waals surface area (Å²) in [6, 6.07) is 14.5. The average molecular weight is 476 g/mol. The van der Waals surface area contributed by atoms with E-state index in [1.54, 1.807) is 30.0 Å². The Balaban J connectivity index is 1.98. The Bertz CT molecular complexity index is 1060. The Morgan fingerprint density at radius 1 is 1.21 bits per heavy atom. The number of nitrogens with zero attached hydrogens (tertiary/aromatic N) is 2. The molecule has 9 heteroatoms. The molecule has 180 valence electrons. The second-order valence-corrected chi connectivity index (χ2v) is 10.6. The molecule has 2 N–H and O–H groups in total. The third-order valence-corrected chi connectivity index (χ3v) is 6.36. The van der Waals surface area contributed by atoms with Crippen molar-refractivity contribution in [1.82, 2.24) is 9.80 Å². The molecule has 0 fully saturated rings. The Morgan fingerprint density at radius 2 is 1.91 bits per heavy atom. The Morgan fingerprint density at radius 3 is 2.55 bits per heavy atom. The minimum Gasteiger partial charge on any atom is -0.486 e. The Labute approximate surface area is 196 Å². The summed E-state index contributed by atoms with van der Waals surface area (Å²) in [7, 11) is -1.58. The van der Waals surface area contributed by atoms with E-state index in [2.05, 4.69) is 21.8 Å². The number of aliphatic hydroxyl groups excluding tert-OH is 1. The molecule has 1 aliphatic heterocycles. The highest BCUT2D eigenvalue weighted by Gasteiger charge is 2.34. The van der Waals surface area contributed by atoms with Crippen molar-refractivity contribution in [2.45, 2.75) is 32.5 Å². The first-order valence-corrected chi connectivity index (χ1v) is 12.9. The zero-order valence-electron chi connectivity index (χ0n) is 19.6. The SMILES string of the molecule is C[C@H](CO)N1C[C@H](C)[C@@H](CN(C)Cc2ccccc2)Oc2c(NS(C)(=O)=O)cccc2C1=O. The first-order chi connectivity index (χ1) is 15.6. The lowest BCUT2D eigenvalue weighted by atomic mass is 9.99. The molecule has 0 unspecified atom stereocenters. The van der Waals surface area contributed by atoms with E-state index in [4.69, 9.17) is 4.74 Å². The van der Waals surface area contributed by atoms with E-state index in [-0.39, 0.29) is 47.6 Å². The zero-order chi connectivity index (χ0) is 24.2. The highest BCUT2D eigenvalue weighted by atomic mass is 32.2. The summed E-state index contributed by atoms with van der Waals surface area (Å²) >= 11 is 0. The van der Waals surface area contributed by atoms with Crippen LogP contribution in [0, 0.1) is 5.92 Å². The van der Waals surface area contributed by atoms with E-state index >= 15 is 0 Å². The van der Waals surface area contributed by atoms with Gasteiger partial charge in [-0.1, -0.05) is 43.3 Å². The number of likely N-dealkylation sites (N-methyl/N-ethyl adjacent to an activating group) is 1. The molecular formula is C24H33N3O5S. The lowest BCUT2D eigenvalue weighted by Gasteiger charge is -2.38. The van der Waals surface area contributed by atoms with Gasteiger partial charge in [0.2, 0.25) is 10.0 Å². The maximum atomic E-state index is 13.4. The van der Waals surface area contributed by atoms with Gasteiger partial charge in [0, 0.05) is 25.6 Å². The van der Waals surface area contributed by atoms with Gasteiger partial charge in [0.1, 0.15) is 6.10 Å². The number of hydrogen-bond acceptors (Lipinski definition) is 6. The molecule has 0 radical (unpaired) electrons. The van der Waals surface area contributed by atoms with Crippen molar-refractivity contribution in [2.75, 3.05) is 37.7 Å². The van der Waals surface area contributed by atoms with Gasteiger partial charge in [0.05, 0.1) is 30.2 Å². The maximum absolute atomic E-state index is 13.4. The first kappa shape index (κ1) is 25.0. The van der Waals surface area contributed by atoms with Crippen LogP contribution in [0.3, 0.4) is 0 Å². The van der Waals surface area contributed by atoms with Crippen molar-refractivity contribution in [2.24, 2.45) is 5.92 Å². The lowest BCUT2D eigenvalue weighted by Crippen LogP contribution is -2.49. The third-order valence-electron chi connectivity index (χ3n) is 5.77. The van der Waals surface area contributed by atoms with E-state index in [0.717, 1.165) is 12.8 Å². The van der Waals surface area contributed by atoms with Gasteiger partial charge in [0.25, 0.3) is 5.91 Å². The van der Waals surface area contributed by atoms with Crippen LogP contribution in [-0.2, 0) is 16.6 Å². The van der Waals surface area contributed by atoms with Gasteiger partial charge < -0.3 is 14.7 Å². The number of anilines is 1. The smallest absolute Gasteiger partial charge is 0.258 e. The van der Waals surface area contributed by atoms with Crippen LogP contribution in [0.15, 0.2) is 48.5 Å². The number of amides is 1. The van der Waals surface area contributed by atoms with Crippen LogP contribution < -0.4 is 9.46 Å². The fourth-order valence-electron chi connectivity index (χ4n) is 4.01. The van der Waals surface area contributed by atoms with Crippen molar-refractivity contribution in [3.05, 3.63) is 59.7 Å². The number of aliphatic hydroxyl groups is 1. The molecule has 0 bridgehead atoms. The highest BCUT2D eigenvalue weighted by Crippen LogP contribution is 2.35. The van der Waals surface area contributed by atoms with Gasteiger partial charge in [-0.2, -0.15) is 0 Å². The van der Waals surface area contributed by atoms with Crippen molar-refractivity contribution in [3.8, 4) is 5.75 Å². The second-order valence-electron chi connectivity index (χ2n) is 8.86. The lowest BCUT2D eigenvalue weighted by molar-refractivity contribution is 0.0344. The molecule has 0 saturated carbocycles. The van der Waals surface area contributed by atoms with Crippen LogP contribution in [0.4, 0.5) is 5.69 Å².